The fourth-order valence-corrected chi connectivity index (χ4v) is 3.16. The van der Waals surface area contributed by atoms with Crippen molar-refractivity contribution in [2.45, 2.75) is 39.3 Å². The normalized spacial score (nSPS) is 10.9. The van der Waals surface area contributed by atoms with Crippen LogP contribution in [0.3, 0.4) is 0 Å². The van der Waals surface area contributed by atoms with Crippen LogP contribution in [0.1, 0.15) is 47.7 Å². The Bertz CT molecular complexity index is 945. The van der Waals surface area contributed by atoms with Crippen molar-refractivity contribution in [3.8, 4) is 0 Å². The quantitative estimate of drug-likeness (QED) is 0.337. The van der Waals surface area contributed by atoms with E-state index in [0.717, 1.165) is 24.1 Å². The number of aromatic nitrogens is 1. The second kappa shape index (κ2) is 11.8. The summed E-state index contributed by atoms with van der Waals surface area (Å²) in [5, 5.41) is 4.85. The third-order valence-electron chi connectivity index (χ3n) is 4.88. The van der Waals surface area contributed by atoms with Crippen molar-refractivity contribution in [3.63, 3.8) is 0 Å². The van der Waals surface area contributed by atoms with Crippen molar-refractivity contribution in [3.05, 3.63) is 89.6 Å². The largest absolute Gasteiger partial charge is 0.384 e. The molecule has 0 saturated carbocycles. The Morgan fingerprint density at radius 2 is 1.81 bits per heavy atom. The van der Waals surface area contributed by atoms with Gasteiger partial charge >= 0.3 is 0 Å². The Balaban J connectivity index is 1.59. The number of unbranched alkanes of at least 4 members (excludes halogenated alkanes) is 2. The van der Waals surface area contributed by atoms with Crippen LogP contribution in [0.5, 0.6) is 0 Å². The predicted molar refractivity (Wildman–Crippen MR) is 124 cm³/mol. The van der Waals surface area contributed by atoms with Gasteiger partial charge in [0.1, 0.15) is 5.82 Å². The van der Waals surface area contributed by atoms with Crippen LogP contribution in [-0.2, 0) is 18.0 Å². The summed E-state index contributed by atoms with van der Waals surface area (Å²) in [6.07, 6.45) is 4.99. The topological polar surface area (TPSA) is 80.5 Å². The van der Waals surface area contributed by atoms with Crippen LogP contribution in [0.15, 0.2) is 72.9 Å². The highest BCUT2D eigenvalue weighted by atomic mass is 16.7. The molecule has 3 aromatic rings. The standard InChI is InChI=1S/C25H30N4O2/c1-2-3-7-16-29(31-19-21-8-5-4-6-9-21)18-20-10-12-22(13-11-20)25(30)28-23-14-15-27-24(26)17-23/h4-6,8-15,17H,2-3,7,16,18-19H2,1H3,(H3,26,27,28,30). The first kappa shape index (κ1) is 22.5. The SMILES string of the molecule is CCCCCN(Cc1ccc(C(=O)Nc2ccnc(N)c2)cc1)OCc1ccccc1. The van der Waals surface area contributed by atoms with Gasteiger partial charge in [0, 0.05) is 36.6 Å². The highest BCUT2D eigenvalue weighted by molar-refractivity contribution is 6.04. The zero-order chi connectivity index (χ0) is 21.9. The molecule has 3 N–H and O–H groups in total. The van der Waals surface area contributed by atoms with Crippen molar-refractivity contribution in [2.75, 3.05) is 17.6 Å². The van der Waals surface area contributed by atoms with Gasteiger partial charge in [-0.2, -0.15) is 5.06 Å². The van der Waals surface area contributed by atoms with E-state index < -0.39 is 0 Å². The fourth-order valence-electron chi connectivity index (χ4n) is 3.16. The molecule has 0 fully saturated rings. The van der Waals surface area contributed by atoms with E-state index in [1.165, 1.54) is 12.8 Å². The molecular weight excluding hydrogens is 388 g/mol. The van der Waals surface area contributed by atoms with Gasteiger partial charge < -0.3 is 11.1 Å². The maximum Gasteiger partial charge on any atom is 0.255 e. The van der Waals surface area contributed by atoms with Gasteiger partial charge in [-0.3, -0.25) is 9.63 Å². The molecule has 31 heavy (non-hydrogen) atoms. The lowest BCUT2D eigenvalue weighted by Gasteiger charge is -2.22. The number of hydroxylamine groups is 2. The monoisotopic (exact) mass is 418 g/mol. The average molecular weight is 419 g/mol. The number of carbonyl (C=O) groups is 1. The van der Waals surface area contributed by atoms with E-state index in [2.05, 4.69) is 29.4 Å². The Kier molecular flexibility index (Phi) is 8.58. The number of pyridine rings is 1. The van der Waals surface area contributed by atoms with Gasteiger partial charge in [-0.1, -0.05) is 62.2 Å². The summed E-state index contributed by atoms with van der Waals surface area (Å²) in [7, 11) is 0. The molecule has 6 heteroatoms. The maximum absolute atomic E-state index is 12.5. The van der Waals surface area contributed by atoms with Crippen molar-refractivity contribution < 1.29 is 9.63 Å². The molecule has 0 saturated heterocycles. The molecule has 1 amide bonds. The number of nitrogens with zero attached hydrogens (tertiary/aromatic N) is 2. The number of carbonyl (C=O) groups excluding carboxylic acids is 1. The van der Waals surface area contributed by atoms with Gasteiger partial charge in [0.05, 0.1) is 6.61 Å². The third kappa shape index (κ3) is 7.51. The van der Waals surface area contributed by atoms with E-state index in [0.29, 0.717) is 30.2 Å². The molecule has 0 aliphatic carbocycles. The Morgan fingerprint density at radius 1 is 1.03 bits per heavy atom. The van der Waals surface area contributed by atoms with Crippen LogP contribution in [0, 0.1) is 0 Å². The van der Waals surface area contributed by atoms with E-state index >= 15 is 0 Å². The van der Waals surface area contributed by atoms with E-state index in [1.54, 1.807) is 18.3 Å². The highest BCUT2D eigenvalue weighted by Crippen LogP contribution is 2.14. The van der Waals surface area contributed by atoms with E-state index in [1.807, 2.05) is 47.5 Å². The van der Waals surface area contributed by atoms with Crippen LogP contribution < -0.4 is 11.1 Å². The van der Waals surface area contributed by atoms with Gasteiger partial charge in [0.25, 0.3) is 5.91 Å². The van der Waals surface area contributed by atoms with Crippen molar-refractivity contribution in [2.24, 2.45) is 0 Å². The molecule has 3 rings (SSSR count). The minimum Gasteiger partial charge on any atom is -0.384 e. The number of nitrogens with two attached hydrogens (primary N) is 1. The third-order valence-corrected chi connectivity index (χ3v) is 4.88. The molecule has 0 radical (unpaired) electrons. The summed E-state index contributed by atoms with van der Waals surface area (Å²) in [5.41, 5.74) is 9.11. The number of hydrogen-bond donors (Lipinski definition) is 2. The molecule has 2 aromatic carbocycles. The lowest BCUT2D eigenvalue weighted by atomic mass is 10.1. The minimum atomic E-state index is -0.183. The van der Waals surface area contributed by atoms with Crippen LogP contribution in [0.25, 0.3) is 0 Å². The maximum atomic E-state index is 12.5. The smallest absolute Gasteiger partial charge is 0.255 e. The molecule has 1 aromatic heterocycles. The molecule has 0 aliphatic rings. The molecule has 162 valence electrons. The first-order valence-electron chi connectivity index (χ1n) is 10.7. The lowest BCUT2D eigenvalue weighted by molar-refractivity contribution is -0.177. The van der Waals surface area contributed by atoms with Gasteiger partial charge in [0.2, 0.25) is 0 Å². The molecule has 0 atom stereocenters. The fraction of sp³-hybridized carbons (Fsp3) is 0.280. The Labute approximate surface area is 184 Å². The number of anilines is 2. The van der Waals surface area contributed by atoms with Crippen LogP contribution >= 0.6 is 0 Å². The molecule has 0 bridgehead atoms. The molecule has 0 aliphatic heterocycles. The van der Waals surface area contributed by atoms with E-state index in [-0.39, 0.29) is 5.91 Å². The average Bonchev–Trinajstić information content (AvgIpc) is 2.78. The first-order valence-corrected chi connectivity index (χ1v) is 10.7. The minimum absolute atomic E-state index is 0.183. The Morgan fingerprint density at radius 3 is 2.52 bits per heavy atom. The number of nitrogens with one attached hydrogen (secondary N) is 1. The predicted octanol–water partition coefficient (Wildman–Crippen LogP) is 5.04. The van der Waals surface area contributed by atoms with Crippen molar-refractivity contribution >= 4 is 17.4 Å². The summed E-state index contributed by atoms with van der Waals surface area (Å²) < 4.78 is 0. The zero-order valence-electron chi connectivity index (χ0n) is 18.0. The molecule has 0 unspecified atom stereocenters. The second-order valence-corrected chi connectivity index (χ2v) is 7.45. The number of rotatable bonds is 11. The van der Waals surface area contributed by atoms with Gasteiger partial charge in [-0.05, 0) is 35.7 Å². The number of benzene rings is 2. The lowest BCUT2D eigenvalue weighted by Crippen LogP contribution is -2.25. The summed E-state index contributed by atoms with van der Waals surface area (Å²) in [4.78, 5) is 22.5. The van der Waals surface area contributed by atoms with Crippen molar-refractivity contribution in [1.29, 1.82) is 0 Å². The Hall–Kier alpha value is -3.22. The number of nitrogen functional groups attached to an aromatic ring is 1. The van der Waals surface area contributed by atoms with Crippen molar-refractivity contribution in [1.82, 2.24) is 10.0 Å². The summed E-state index contributed by atoms with van der Waals surface area (Å²) >= 11 is 0. The molecule has 6 nitrogen and oxygen atoms in total. The number of amides is 1. The zero-order valence-corrected chi connectivity index (χ0v) is 18.0. The molecule has 1 heterocycles. The summed E-state index contributed by atoms with van der Waals surface area (Å²) in [5.74, 6) is 0.184. The second-order valence-electron chi connectivity index (χ2n) is 7.45. The summed E-state index contributed by atoms with van der Waals surface area (Å²) in [6.45, 7) is 4.27. The highest BCUT2D eigenvalue weighted by Gasteiger charge is 2.10. The molecule has 0 spiro atoms. The first-order chi connectivity index (χ1) is 15.1. The van der Waals surface area contributed by atoms with Crippen LogP contribution in [0.4, 0.5) is 11.5 Å². The van der Waals surface area contributed by atoms with E-state index in [4.69, 9.17) is 10.6 Å². The van der Waals surface area contributed by atoms with Gasteiger partial charge in [-0.25, -0.2) is 4.98 Å². The van der Waals surface area contributed by atoms with Gasteiger partial charge in [0.15, 0.2) is 0 Å². The summed E-state index contributed by atoms with van der Waals surface area (Å²) in [6, 6.07) is 21.1. The van der Waals surface area contributed by atoms with E-state index in [9.17, 15) is 4.79 Å². The molecular formula is C25H30N4O2. The van der Waals surface area contributed by atoms with Gasteiger partial charge in [-0.15, -0.1) is 0 Å². The van der Waals surface area contributed by atoms with Crippen LogP contribution in [0.2, 0.25) is 0 Å². The van der Waals surface area contributed by atoms with Crippen LogP contribution in [-0.4, -0.2) is 22.5 Å². The number of hydrogen-bond acceptors (Lipinski definition) is 5.